The van der Waals surface area contributed by atoms with Crippen LogP contribution in [0.15, 0.2) is 41.4 Å². The lowest BCUT2D eigenvalue weighted by Gasteiger charge is -2.26. The van der Waals surface area contributed by atoms with E-state index >= 15 is 0 Å². The van der Waals surface area contributed by atoms with Crippen LogP contribution < -0.4 is 4.74 Å². The maximum absolute atomic E-state index is 14.1. The summed E-state index contributed by atoms with van der Waals surface area (Å²) in [7, 11) is -2.10. The first-order valence-corrected chi connectivity index (χ1v) is 16.8. The fourth-order valence-electron chi connectivity index (χ4n) is 6.77. The molecule has 0 amide bonds. The van der Waals surface area contributed by atoms with Gasteiger partial charge in [-0.3, -0.25) is 4.79 Å². The van der Waals surface area contributed by atoms with Gasteiger partial charge < -0.3 is 9.47 Å². The predicted octanol–water partition coefficient (Wildman–Crippen LogP) is 5.01. The SMILES string of the molecule is CCOC(=O)C[C@@H](c1cc2c(c(CN3CC4(CC4)Oc4ncc(Cl)cc4S3(=O)=O)c1)CCC2)c1ccc2c(nnn2C)c1C. The van der Waals surface area contributed by atoms with Crippen LogP contribution in [0.3, 0.4) is 0 Å². The Bertz CT molecular complexity index is 1920. The van der Waals surface area contributed by atoms with Crippen LogP contribution in [0.4, 0.5) is 0 Å². The second-order valence-corrected chi connectivity index (χ2v) is 14.5. The molecule has 44 heavy (non-hydrogen) atoms. The van der Waals surface area contributed by atoms with E-state index in [1.807, 2.05) is 26.1 Å². The van der Waals surface area contributed by atoms with E-state index in [1.165, 1.54) is 27.7 Å². The molecular formula is C32H34ClN5O5S. The highest BCUT2D eigenvalue weighted by molar-refractivity contribution is 7.89. The Morgan fingerprint density at radius 3 is 2.80 bits per heavy atom. The number of ether oxygens (including phenoxy) is 2. The summed E-state index contributed by atoms with van der Waals surface area (Å²) in [5.74, 6) is -0.493. The third-order valence-corrected chi connectivity index (χ3v) is 11.2. The average Bonchev–Trinajstić information content (AvgIpc) is 3.39. The minimum Gasteiger partial charge on any atom is -0.469 e. The maximum Gasteiger partial charge on any atom is 0.306 e. The van der Waals surface area contributed by atoms with Gasteiger partial charge in [0.25, 0.3) is 0 Å². The number of sulfonamides is 1. The number of rotatable bonds is 7. The van der Waals surface area contributed by atoms with Crippen LogP contribution in [0.5, 0.6) is 5.88 Å². The van der Waals surface area contributed by atoms with Crippen molar-refractivity contribution in [2.45, 2.75) is 75.3 Å². The normalized spacial score (nSPS) is 18.8. The number of nitrogens with zero attached hydrogens (tertiary/aromatic N) is 5. The Balaban J connectivity index is 1.33. The molecule has 0 saturated heterocycles. The van der Waals surface area contributed by atoms with Crippen LogP contribution >= 0.6 is 11.6 Å². The third-order valence-electron chi connectivity index (χ3n) is 9.20. The van der Waals surface area contributed by atoms with Gasteiger partial charge in [-0.15, -0.1) is 5.10 Å². The van der Waals surface area contributed by atoms with Crippen LogP contribution in [0.1, 0.15) is 71.9 Å². The summed E-state index contributed by atoms with van der Waals surface area (Å²) in [6.07, 6.45) is 5.84. The lowest BCUT2D eigenvalue weighted by atomic mass is 9.83. The molecule has 0 radical (unpaired) electrons. The Morgan fingerprint density at radius 2 is 2.02 bits per heavy atom. The molecule has 12 heteroatoms. The van der Waals surface area contributed by atoms with Gasteiger partial charge >= 0.3 is 5.97 Å². The second-order valence-electron chi connectivity index (χ2n) is 12.1. The molecule has 0 unspecified atom stereocenters. The van der Waals surface area contributed by atoms with Gasteiger partial charge in [0.15, 0.2) is 0 Å². The highest BCUT2D eigenvalue weighted by Crippen LogP contribution is 2.47. The van der Waals surface area contributed by atoms with Crippen LogP contribution in [-0.2, 0) is 46.0 Å². The molecule has 2 aromatic carbocycles. The largest absolute Gasteiger partial charge is 0.469 e. The minimum absolute atomic E-state index is 0.00494. The molecular weight excluding hydrogens is 602 g/mol. The summed E-state index contributed by atoms with van der Waals surface area (Å²) in [5, 5.41) is 8.82. The number of hydrogen-bond acceptors (Lipinski definition) is 8. The molecule has 3 aliphatic rings. The van der Waals surface area contributed by atoms with E-state index in [9.17, 15) is 13.2 Å². The van der Waals surface area contributed by atoms with Crippen molar-refractivity contribution in [2.75, 3.05) is 13.2 Å². The summed E-state index contributed by atoms with van der Waals surface area (Å²) in [5.41, 5.74) is 7.31. The third kappa shape index (κ3) is 5.04. The van der Waals surface area contributed by atoms with Crippen LogP contribution in [0.2, 0.25) is 5.02 Å². The highest BCUT2D eigenvalue weighted by Gasteiger charge is 2.52. The molecule has 1 spiro atoms. The number of hydrogen-bond donors (Lipinski definition) is 0. The van der Waals surface area contributed by atoms with Gasteiger partial charge in [-0.05, 0) is 91.5 Å². The first kappa shape index (κ1) is 29.2. The predicted molar refractivity (Wildman–Crippen MR) is 164 cm³/mol. The summed E-state index contributed by atoms with van der Waals surface area (Å²) in [6, 6.07) is 9.73. The van der Waals surface area contributed by atoms with Crippen LogP contribution in [-0.4, -0.2) is 57.4 Å². The van der Waals surface area contributed by atoms with Gasteiger partial charge in [0.1, 0.15) is 16.0 Å². The van der Waals surface area contributed by atoms with Crippen molar-refractivity contribution in [3.05, 3.63) is 74.9 Å². The fraction of sp³-hybridized carbons (Fsp3) is 0.438. The molecule has 0 N–H and O–H groups in total. The Hall–Kier alpha value is -3.54. The monoisotopic (exact) mass is 635 g/mol. The van der Waals surface area contributed by atoms with E-state index in [4.69, 9.17) is 21.1 Å². The molecule has 230 valence electrons. The van der Waals surface area contributed by atoms with Crippen molar-refractivity contribution in [3.8, 4) is 5.88 Å². The van der Waals surface area contributed by atoms with Crippen molar-refractivity contribution in [2.24, 2.45) is 7.05 Å². The number of halogens is 1. The van der Waals surface area contributed by atoms with Crippen molar-refractivity contribution >= 4 is 38.6 Å². The summed E-state index contributed by atoms with van der Waals surface area (Å²) in [4.78, 5) is 17.2. The Labute approximate surface area is 261 Å². The molecule has 7 rings (SSSR count). The summed E-state index contributed by atoms with van der Waals surface area (Å²) >= 11 is 6.21. The van der Waals surface area contributed by atoms with Crippen molar-refractivity contribution in [1.29, 1.82) is 0 Å². The topological polar surface area (TPSA) is 117 Å². The average molecular weight is 636 g/mol. The standard InChI is InChI=1S/C32H34ClN5O5S/c1-4-42-29(39)15-26(24-8-9-27-30(19(24)2)35-36-37(27)3)21-12-20-6-5-7-25(20)22(13-21)17-38-18-32(10-11-32)43-31-28(44(38,40)41)14-23(33)16-34-31/h8-9,12-14,16,26H,4-7,10-11,15,17-18H2,1-3H3/t26-/m0/s1. The lowest BCUT2D eigenvalue weighted by Crippen LogP contribution is -2.38. The Kier molecular flexibility index (Phi) is 7.17. The van der Waals surface area contributed by atoms with E-state index in [1.54, 1.807) is 11.6 Å². The molecule has 2 aromatic heterocycles. The first-order valence-electron chi connectivity index (χ1n) is 15.0. The molecule has 2 aliphatic carbocycles. The fourth-order valence-corrected chi connectivity index (χ4v) is 8.58. The second kappa shape index (κ2) is 10.8. The smallest absolute Gasteiger partial charge is 0.306 e. The maximum atomic E-state index is 14.1. The van der Waals surface area contributed by atoms with E-state index in [0.29, 0.717) is 6.61 Å². The number of esters is 1. The van der Waals surface area contributed by atoms with Gasteiger partial charge in [-0.25, -0.2) is 18.1 Å². The number of pyridine rings is 1. The number of carbonyl (C=O) groups is 1. The number of aryl methyl sites for hydroxylation is 3. The number of carbonyl (C=O) groups excluding carboxylic acids is 1. The van der Waals surface area contributed by atoms with Crippen LogP contribution in [0, 0.1) is 6.92 Å². The van der Waals surface area contributed by atoms with E-state index in [-0.39, 0.29) is 47.2 Å². The quantitative estimate of drug-likeness (QED) is 0.260. The Morgan fingerprint density at radius 1 is 1.20 bits per heavy atom. The van der Waals surface area contributed by atoms with E-state index in [2.05, 4.69) is 27.4 Å². The zero-order valence-electron chi connectivity index (χ0n) is 25.0. The zero-order chi connectivity index (χ0) is 30.8. The van der Waals surface area contributed by atoms with Gasteiger partial charge in [-0.1, -0.05) is 35.0 Å². The number of aromatic nitrogens is 4. The van der Waals surface area contributed by atoms with E-state index < -0.39 is 15.6 Å². The highest BCUT2D eigenvalue weighted by atomic mass is 35.5. The summed E-state index contributed by atoms with van der Waals surface area (Å²) in [6.45, 7) is 4.52. The van der Waals surface area contributed by atoms with Gasteiger partial charge in [0.05, 0.1) is 30.1 Å². The van der Waals surface area contributed by atoms with Crippen molar-refractivity contribution < 1.29 is 22.7 Å². The minimum atomic E-state index is -3.96. The van der Waals surface area contributed by atoms with Gasteiger partial charge in [0.2, 0.25) is 15.9 Å². The van der Waals surface area contributed by atoms with Crippen molar-refractivity contribution in [3.63, 3.8) is 0 Å². The molecule has 1 aliphatic heterocycles. The summed E-state index contributed by atoms with van der Waals surface area (Å²) < 4.78 is 43.1. The number of fused-ring (bicyclic) bond motifs is 3. The molecule has 1 fully saturated rings. The number of benzene rings is 2. The molecule has 1 saturated carbocycles. The van der Waals surface area contributed by atoms with Crippen molar-refractivity contribution in [1.82, 2.24) is 24.3 Å². The first-order chi connectivity index (χ1) is 21.1. The van der Waals surface area contributed by atoms with Crippen LogP contribution in [0.25, 0.3) is 11.0 Å². The van der Waals surface area contributed by atoms with Gasteiger partial charge in [0, 0.05) is 25.7 Å². The molecule has 4 aromatic rings. The molecule has 1 atom stereocenters. The molecule has 0 bridgehead atoms. The lowest BCUT2D eigenvalue weighted by molar-refractivity contribution is -0.143. The van der Waals surface area contributed by atoms with E-state index in [0.717, 1.165) is 65.4 Å². The zero-order valence-corrected chi connectivity index (χ0v) is 26.5. The molecule has 10 nitrogen and oxygen atoms in total. The molecule has 3 heterocycles. The van der Waals surface area contributed by atoms with Gasteiger partial charge in [-0.2, -0.15) is 4.31 Å².